The van der Waals surface area contributed by atoms with E-state index < -0.39 is 10.0 Å². The third-order valence-electron chi connectivity index (χ3n) is 3.03. The molecule has 1 unspecified atom stereocenters. The van der Waals surface area contributed by atoms with Gasteiger partial charge in [-0.1, -0.05) is 31.9 Å². The summed E-state index contributed by atoms with van der Waals surface area (Å²) in [6.07, 6.45) is 2.72. The van der Waals surface area contributed by atoms with Crippen LogP contribution in [0.4, 0.5) is 0 Å². The van der Waals surface area contributed by atoms with Crippen LogP contribution in [0.2, 0.25) is 0 Å². The molecule has 5 nitrogen and oxygen atoms in total. The molecule has 0 bridgehead atoms. The highest BCUT2D eigenvalue weighted by Crippen LogP contribution is 2.13. The molecule has 0 fully saturated rings. The van der Waals surface area contributed by atoms with Crippen molar-refractivity contribution in [2.75, 3.05) is 13.7 Å². The molecule has 0 spiro atoms. The Morgan fingerprint density at radius 3 is 2.75 bits per heavy atom. The number of ether oxygens (including phenoxy) is 1. The first kappa shape index (κ1) is 17.1. The summed E-state index contributed by atoms with van der Waals surface area (Å²) in [5.41, 5.74) is 6.46. The van der Waals surface area contributed by atoms with Crippen molar-refractivity contribution in [3.05, 3.63) is 29.8 Å². The number of nitrogens with one attached hydrogen (secondary N) is 1. The van der Waals surface area contributed by atoms with E-state index in [4.69, 9.17) is 10.5 Å². The van der Waals surface area contributed by atoms with Gasteiger partial charge in [-0.05, 0) is 24.1 Å². The molecule has 20 heavy (non-hydrogen) atoms. The van der Waals surface area contributed by atoms with Crippen LogP contribution in [-0.2, 0) is 21.4 Å². The Morgan fingerprint density at radius 1 is 1.40 bits per heavy atom. The Hall–Kier alpha value is -0.950. The number of sulfonamides is 1. The highest BCUT2D eigenvalue weighted by atomic mass is 32.2. The SMILES string of the molecule is CCCCC(CN)NS(=O)(=O)c1cccc(COC)c1. The number of rotatable bonds is 9. The van der Waals surface area contributed by atoms with E-state index in [1.54, 1.807) is 25.3 Å². The van der Waals surface area contributed by atoms with E-state index in [1.165, 1.54) is 0 Å². The zero-order valence-corrected chi connectivity index (χ0v) is 12.9. The summed E-state index contributed by atoms with van der Waals surface area (Å²) in [5.74, 6) is 0. The molecule has 0 amide bonds. The third-order valence-corrected chi connectivity index (χ3v) is 4.55. The van der Waals surface area contributed by atoms with Gasteiger partial charge < -0.3 is 10.5 Å². The molecular weight excluding hydrogens is 276 g/mol. The van der Waals surface area contributed by atoms with Crippen LogP contribution in [0.1, 0.15) is 31.7 Å². The lowest BCUT2D eigenvalue weighted by atomic mass is 10.1. The number of hydrogen-bond acceptors (Lipinski definition) is 4. The van der Waals surface area contributed by atoms with Crippen LogP contribution >= 0.6 is 0 Å². The summed E-state index contributed by atoms with van der Waals surface area (Å²) in [5, 5.41) is 0. The lowest BCUT2D eigenvalue weighted by molar-refractivity contribution is 0.184. The minimum absolute atomic E-state index is 0.217. The molecule has 0 heterocycles. The van der Waals surface area contributed by atoms with Gasteiger partial charge in [-0.25, -0.2) is 13.1 Å². The van der Waals surface area contributed by atoms with E-state index in [1.807, 2.05) is 6.07 Å². The number of unbranched alkanes of at least 4 members (excludes halogenated alkanes) is 1. The smallest absolute Gasteiger partial charge is 0.240 e. The van der Waals surface area contributed by atoms with E-state index in [0.29, 0.717) is 13.2 Å². The first-order valence-corrected chi connectivity index (χ1v) is 8.32. The number of methoxy groups -OCH3 is 1. The zero-order valence-electron chi connectivity index (χ0n) is 12.1. The quantitative estimate of drug-likeness (QED) is 0.726. The normalized spacial score (nSPS) is 13.3. The second kappa shape index (κ2) is 8.36. The van der Waals surface area contributed by atoms with Crippen molar-refractivity contribution in [3.63, 3.8) is 0 Å². The predicted octanol–water partition coefficient (Wildman–Crippen LogP) is 1.63. The first-order valence-electron chi connectivity index (χ1n) is 6.83. The van der Waals surface area contributed by atoms with Crippen LogP contribution in [0.15, 0.2) is 29.2 Å². The van der Waals surface area contributed by atoms with Gasteiger partial charge in [-0.2, -0.15) is 0 Å². The van der Waals surface area contributed by atoms with Crippen molar-refractivity contribution in [2.45, 2.75) is 43.7 Å². The van der Waals surface area contributed by atoms with Gasteiger partial charge >= 0.3 is 0 Å². The van der Waals surface area contributed by atoms with E-state index in [9.17, 15) is 8.42 Å². The maximum atomic E-state index is 12.3. The predicted molar refractivity (Wildman–Crippen MR) is 79.8 cm³/mol. The lowest BCUT2D eigenvalue weighted by Gasteiger charge is -2.17. The Bertz CT molecular complexity index is 503. The van der Waals surface area contributed by atoms with Gasteiger partial charge in [0.05, 0.1) is 11.5 Å². The summed E-state index contributed by atoms with van der Waals surface area (Å²) in [4.78, 5) is 0.252. The second-order valence-electron chi connectivity index (χ2n) is 4.78. The molecule has 0 aliphatic heterocycles. The van der Waals surface area contributed by atoms with Gasteiger partial charge in [0.1, 0.15) is 0 Å². The topological polar surface area (TPSA) is 81.4 Å². The lowest BCUT2D eigenvalue weighted by Crippen LogP contribution is -2.40. The van der Waals surface area contributed by atoms with Crippen molar-refractivity contribution in [1.29, 1.82) is 0 Å². The van der Waals surface area contributed by atoms with Gasteiger partial charge in [0.25, 0.3) is 0 Å². The number of hydrogen-bond donors (Lipinski definition) is 2. The molecule has 3 N–H and O–H groups in total. The molecule has 114 valence electrons. The monoisotopic (exact) mass is 300 g/mol. The maximum absolute atomic E-state index is 12.3. The molecule has 0 aliphatic rings. The van der Waals surface area contributed by atoms with Crippen LogP contribution in [-0.4, -0.2) is 28.1 Å². The van der Waals surface area contributed by atoms with Crippen molar-refractivity contribution >= 4 is 10.0 Å². The molecule has 0 aromatic heterocycles. The van der Waals surface area contributed by atoms with Crippen LogP contribution in [0.3, 0.4) is 0 Å². The largest absolute Gasteiger partial charge is 0.380 e. The van der Waals surface area contributed by atoms with E-state index in [0.717, 1.165) is 24.8 Å². The van der Waals surface area contributed by atoms with E-state index >= 15 is 0 Å². The second-order valence-corrected chi connectivity index (χ2v) is 6.49. The fourth-order valence-electron chi connectivity index (χ4n) is 1.93. The Morgan fingerprint density at radius 2 is 2.15 bits per heavy atom. The number of nitrogens with two attached hydrogens (primary N) is 1. The van der Waals surface area contributed by atoms with Gasteiger partial charge in [0.15, 0.2) is 0 Å². The summed E-state index contributed by atoms with van der Waals surface area (Å²) < 4.78 is 32.3. The minimum atomic E-state index is -3.53. The average Bonchev–Trinajstić information content (AvgIpc) is 2.44. The van der Waals surface area contributed by atoms with Crippen molar-refractivity contribution in [1.82, 2.24) is 4.72 Å². The molecule has 1 aromatic rings. The molecule has 6 heteroatoms. The van der Waals surface area contributed by atoms with Crippen LogP contribution in [0.5, 0.6) is 0 Å². The highest BCUT2D eigenvalue weighted by Gasteiger charge is 2.19. The van der Waals surface area contributed by atoms with Crippen molar-refractivity contribution in [2.24, 2.45) is 5.73 Å². The van der Waals surface area contributed by atoms with Crippen LogP contribution in [0.25, 0.3) is 0 Å². The number of benzene rings is 1. The fourth-order valence-corrected chi connectivity index (χ4v) is 3.29. The van der Waals surface area contributed by atoms with Gasteiger partial charge in [0.2, 0.25) is 10.0 Å². The average molecular weight is 300 g/mol. The molecule has 0 aliphatic carbocycles. The molecule has 1 rings (SSSR count). The molecule has 1 atom stereocenters. The summed E-state index contributed by atoms with van der Waals surface area (Å²) in [6.45, 7) is 2.76. The Labute approximate surface area is 121 Å². The standard InChI is InChI=1S/C14H24N2O3S/c1-3-4-7-13(10-15)16-20(17,18)14-8-5-6-12(9-14)11-19-2/h5-6,8-9,13,16H,3-4,7,10-11,15H2,1-2H3. The summed E-state index contributed by atoms with van der Waals surface area (Å²) in [6, 6.07) is 6.53. The minimum Gasteiger partial charge on any atom is -0.380 e. The van der Waals surface area contributed by atoms with Crippen LogP contribution < -0.4 is 10.5 Å². The summed E-state index contributed by atoms with van der Waals surface area (Å²) in [7, 11) is -1.95. The molecule has 0 saturated carbocycles. The van der Waals surface area contributed by atoms with Crippen LogP contribution in [0, 0.1) is 0 Å². The summed E-state index contributed by atoms with van der Waals surface area (Å²) >= 11 is 0. The first-order chi connectivity index (χ1) is 9.53. The van der Waals surface area contributed by atoms with E-state index in [2.05, 4.69) is 11.6 Å². The fraction of sp³-hybridized carbons (Fsp3) is 0.571. The zero-order chi connectivity index (χ0) is 15.0. The highest BCUT2D eigenvalue weighted by molar-refractivity contribution is 7.89. The van der Waals surface area contributed by atoms with Crippen molar-refractivity contribution < 1.29 is 13.2 Å². The Kier molecular flexibility index (Phi) is 7.15. The van der Waals surface area contributed by atoms with E-state index in [-0.39, 0.29) is 10.9 Å². The molecule has 0 radical (unpaired) electrons. The molecular formula is C14H24N2O3S. The Balaban J connectivity index is 2.84. The van der Waals surface area contributed by atoms with Gasteiger partial charge in [0, 0.05) is 19.7 Å². The third kappa shape index (κ3) is 5.20. The molecule has 0 saturated heterocycles. The molecule has 1 aromatic carbocycles. The maximum Gasteiger partial charge on any atom is 0.240 e. The van der Waals surface area contributed by atoms with Gasteiger partial charge in [-0.3, -0.25) is 0 Å². The van der Waals surface area contributed by atoms with Crippen molar-refractivity contribution in [3.8, 4) is 0 Å². The van der Waals surface area contributed by atoms with Gasteiger partial charge in [-0.15, -0.1) is 0 Å².